The van der Waals surface area contributed by atoms with E-state index in [0.717, 1.165) is 19.7 Å². The summed E-state index contributed by atoms with van der Waals surface area (Å²) in [5.74, 6) is 0. The number of hydrogen-bond acceptors (Lipinski definition) is 3. The van der Waals surface area contributed by atoms with E-state index in [-0.39, 0.29) is 0 Å². The molecular formula is C14H32N2O. The van der Waals surface area contributed by atoms with Crippen LogP contribution >= 0.6 is 0 Å². The van der Waals surface area contributed by atoms with E-state index in [1.165, 1.54) is 12.8 Å². The summed E-state index contributed by atoms with van der Waals surface area (Å²) in [5, 5.41) is 3.56. The van der Waals surface area contributed by atoms with Gasteiger partial charge in [0.15, 0.2) is 0 Å². The van der Waals surface area contributed by atoms with Crippen molar-refractivity contribution in [2.45, 2.75) is 65.6 Å². The van der Waals surface area contributed by atoms with Gasteiger partial charge in [0.05, 0.1) is 6.61 Å². The molecule has 2 unspecified atom stereocenters. The van der Waals surface area contributed by atoms with Gasteiger partial charge in [-0.25, -0.2) is 0 Å². The molecule has 0 aromatic heterocycles. The smallest absolute Gasteiger partial charge is 0.0589 e. The third-order valence-corrected chi connectivity index (χ3v) is 3.22. The van der Waals surface area contributed by atoms with Gasteiger partial charge < -0.3 is 10.1 Å². The SMILES string of the molecule is CCCNC(C)CC(C)N(CCOC)C(C)C. The summed E-state index contributed by atoms with van der Waals surface area (Å²) in [4.78, 5) is 2.52. The minimum absolute atomic E-state index is 0.582. The van der Waals surface area contributed by atoms with Crippen LogP contribution in [0.25, 0.3) is 0 Å². The van der Waals surface area contributed by atoms with Crippen molar-refractivity contribution in [3.05, 3.63) is 0 Å². The first-order valence-electron chi connectivity index (χ1n) is 7.00. The van der Waals surface area contributed by atoms with Crippen LogP contribution in [0.2, 0.25) is 0 Å². The summed E-state index contributed by atoms with van der Waals surface area (Å²) in [6, 6.07) is 1.77. The Labute approximate surface area is 108 Å². The summed E-state index contributed by atoms with van der Waals surface area (Å²) >= 11 is 0. The normalized spacial score (nSPS) is 15.5. The van der Waals surface area contributed by atoms with Crippen molar-refractivity contribution in [3.63, 3.8) is 0 Å². The number of hydrogen-bond donors (Lipinski definition) is 1. The van der Waals surface area contributed by atoms with E-state index in [4.69, 9.17) is 4.74 Å². The standard InChI is InChI=1S/C14H32N2O/c1-7-8-15-13(4)11-14(5)16(12(2)3)9-10-17-6/h12-15H,7-11H2,1-6H3. The Hall–Kier alpha value is -0.120. The minimum Gasteiger partial charge on any atom is -0.383 e. The molecule has 0 radical (unpaired) electrons. The first kappa shape index (κ1) is 16.9. The number of ether oxygens (including phenoxy) is 1. The van der Waals surface area contributed by atoms with Crippen LogP contribution in [0.1, 0.15) is 47.5 Å². The Morgan fingerprint density at radius 2 is 1.82 bits per heavy atom. The lowest BCUT2D eigenvalue weighted by molar-refractivity contribution is 0.0945. The molecule has 0 saturated carbocycles. The Kier molecular flexibility index (Phi) is 9.79. The second-order valence-corrected chi connectivity index (χ2v) is 5.26. The van der Waals surface area contributed by atoms with E-state index in [0.29, 0.717) is 18.1 Å². The maximum Gasteiger partial charge on any atom is 0.0589 e. The fraction of sp³-hybridized carbons (Fsp3) is 1.00. The van der Waals surface area contributed by atoms with Gasteiger partial charge in [0.25, 0.3) is 0 Å². The predicted molar refractivity (Wildman–Crippen MR) is 75.6 cm³/mol. The van der Waals surface area contributed by atoms with E-state index >= 15 is 0 Å². The van der Waals surface area contributed by atoms with Gasteiger partial charge in [0.2, 0.25) is 0 Å². The monoisotopic (exact) mass is 244 g/mol. The first-order chi connectivity index (χ1) is 8.02. The van der Waals surface area contributed by atoms with Gasteiger partial charge in [-0.15, -0.1) is 0 Å². The molecular weight excluding hydrogens is 212 g/mol. The van der Waals surface area contributed by atoms with E-state index in [2.05, 4.69) is 44.8 Å². The Morgan fingerprint density at radius 1 is 1.18 bits per heavy atom. The minimum atomic E-state index is 0.582. The quantitative estimate of drug-likeness (QED) is 0.639. The molecule has 0 amide bonds. The maximum absolute atomic E-state index is 5.19. The molecule has 17 heavy (non-hydrogen) atoms. The van der Waals surface area contributed by atoms with Gasteiger partial charge in [0.1, 0.15) is 0 Å². The molecule has 0 heterocycles. The van der Waals surface area contributed by atoms with Crippen LogP contribution < -0.4 is 5.32 Å². The molecule has 1 N–H and O–H groups in total. The lowest BCUT2D eigenvalue weighted by Gasteiger charge is -2.34. The van der Waals surface area contributed by atoms with Crippen LogP contribution in [0.3, 0.4) is 0 Å². The van der Waals surface area contributed by atoms with Crippen molar-refractivity contribution in [1.29, 1.82) is 0 Å². The highest BCUT2D eigenvalue weighted by molar-refractivity contribution is 4.75. The van der Waals surface area contributed by atoms with E-state index in [1.54, 1.807) is 7.11 Å². The molecule has 3 heteroatoms. The van der Waals surface area contributed by atoms with Gasteiger partial charge >= 0.3 is 0 Å². The van der Waals surface area contributed by atoms with E-state index in [9.17, 15) is 0 Å². The molecule has 0 aliphatic carbocycles. The summed E-state index contributed by atoms with van der Waals surface area (Å²) in [6.07, 6.45) is 2.40. The molecule has 0 rings (SSSR count). The Bertz CT molecular complexity index is 174. The second-order valence-electron chi connectivity index (χ2n) is 5.26. The van der Waals surface area contributed by atoms with Crippen molar-refractivity contribution in [1.82, 2.24) is 10.2 Å². The molecule has 0 aliphatic rings. The predicted octanol–water partition coefficient (Wildman–Crippen LogP) is 2.51. The van der Waals surface area contributed by atoms with Crippen LogP contribution in [0.4, 0.5) is 0 Å². The zero-order valence-corrected chi connectivity index (χ0v) is 12.6. The summed E-state index contributed by atoms with van der Waals surface area (Å²) < 4.78 is 5.19. The fourth-order valence-corrected chi connectivity index (χ4v) is 2.31. The van der Waals surface area contributed by atoms with Crippen molar-refractivity contribution in [2.24, 2.45) is 0 Å². The largest absolute Gasteiger partial charge is 0.383 e. The number of nitrogens with zero attached hydrogens (tertiary/aromatic N) is 1. The molecule has 2 atom stereocenters. The molecule has 0 aliphatic heterocycles. The zero-order valence-electron chi connectivity index (χ0n) is 12.6. The summed E-state index contributed by atoms with van der Waals surface area (Å²) in [7, 11) is 1.77. The average molecular weight is 244 g/mol. The van der Waals surface area contributed by atoms with E-state index < -0.39 is 0 Å². The van der Waals surface area contributed by atoms with Crippen molar-refractivity contribution in [3.8, 4) is 0 Å². The summed E-state index contributed by atoms with van der Waals surface area (Å²) in [5.41, 5.74) is 0. The lowest BCUT2D eigenvalue weighted by atomic mass is 10.1. The lowest BCUT2D eigenvalue weighted by Crippen LogP contribution is -2.44. The highest BCUT2D eigenvalue weighted by atomic mass is 16.5. The van der Waals surface area contributed by atoms with Crippen LogP contribution in [-0.4, -0.2) is 49.8 Å². The molecule has 0 aromatic rings. The Morgan fingerprint density at radius 3 is 2.29 bits per heavy atom. The maximum atomic E-state index is 5.19. The van der Waals surface area contributed by atoms with Crippen LogP contribution in [-0.2, 0) is 4.74 Å². The van der Waals surface area contributed by atoms with Crippen molar-refractivity contribution >= 4 is 0 Å². The third kappa shape index (κ3) is 7.74. The molecule has 3 nitrogen and oxygen atoms in total. The molecule has 0 aromatic carbocycles. The first-order valence-corrected chi connectivity index (χ1v) is 7.00. The number of rotatable bonds is 10. The van der Waals surface area contributed by atoms with Gasteiger partial charge in [-0.2, -0.15) is 0 Å². The van der Waals surface area contributed by atoms with Gasteiger partial charge in [-0.3, -0.25) is 4.90 Å². The molecule has 0 fully saturated rings. The van der Waals surface area contributed by atoms with Crippen molar-refractivity contribution in [2.75, 3.05) is 26.8 Å². The van der Waals surface area contributed by atoms with Gasteiger partial charge in [-0.1, -0.05) is 6.92 Å². The van der Waals surface area contributed by atoms with Gasteiger partial charge in [-0.05, 0) is 47.1 Å². The topological polar surface area (TPSA) is 24.5 Å². The highest BCUT2D eigenvalue weighted by Crippen LogP contribution is 2.10. The zero-order chi connectivity index (χ0) is 13.3. The molecule has 0 bridgehead atoms. The molecule has 104 valence electrons. The van der Waals surface area contributed by atoms with E-state index in [1.807, 2.05) is 0 Å². The number of nitrogens with one attached hydrogen (secondary N) is 1. The highest BCUT2D eigenvalue weighted by Gasteiger charge is 2.18. The van der Waals surface area contributed by atoms with Crippen LogP contribution in [0.5, 0.6) is 0 Å². The fourth-order valence-electron chi connectivity index (χ4n) is 2.31. The second kappa shape index (κ2) is 9.86. The average Bonchev–Trinajstić information content (AvgIpc) is 2.26. The van der Waals surface area contributed by atoms with Crippen LogP contribution in [0.15, 0.2) is 0 Å². The van der Waals surface area contributed by atoms with Crippen LogP contribution in [0, 0.1) is 0 Å². The van der Waals surface area contributed by atoms with Gasteiger partial charge in [0, 0.05) is 31.8 Å². The third-order valence-electron chi connectivity index (χ3n) is 3.22. The molecule has 0 saturated heterocycles. The number of methoxy groups -OCH3 is 1. The summed E-state index contributed by atoms with van der Waals surface area (Å²) in [6.45, 7) is 14.3. The Balaban J connectivity index is 4.07. The van der Waals surface area contributed by atoms with Crippen molar-refractivity contribution < 1.29 is 4.74 Å². The molecule has 0 spiro atoms.